The first kappa shape index (κ1) is 25.3. The van der Waals surface area contributed by atoms with E-state index in [0.717, 1.165) is 28.2 Å². The smallest absolute Gasteiger partial charge is 0.305 e. The first-order chi connectivity index (χ1) is 17.6. The molecule has 1 heterocycles. The van der Waals surface area contributed by atoms with Crippen molar-refractivity contribution in [1.82, 2.24) is 9.55 Å². The third kappa shape index (κ3) is 5.72. The molecule has 0 unspecified atom stereocenters. The summed E-state index contributed by atoms with van der Waals surface area (Å²) in [5.74, 6) is -2.85. The van der Waals surface area contributed by atoms with Crippen molar-refractivity contribution in [3.05, 3.63) is 89.2 Å². The van der Waals surface area contributed by atoms with E-state index in [-0.39, 0.29) is 23.6 Å². The molecule has 3 aromatic carbocycles. The Hall–Kier alpha value is -4.80. The second kappa shape index (κ2) is 10.4. The molecule has 0 saturated heterocycles. The van der Waals surface area contributed by atoms with Gasteiger partial charge >= 0.3 is 5.97 Å². The highest BCUT2D eigenvalue weighted by Crippen LogP contribution is 2.24. The zero-order chi connectivity index (χ0) is 26.7. The van der Waals surface area contributed by atoms with Crippen LogP contribution in [-0.4, -0.2) is 38.9 Å². The van der Waals surface area contributed by atoms with Gasteiger partial charge in [0.15, 0.2) is 0 Å². The van der Waals surface area contributed by atoms with Gasteiger partial charge in [0, 0.05) is 42.2 Å². The highest BCUT2D eigenvalue weighted by atomic mass is 19.1. The van der Waals surface area contributed by atoms with Gasteiger partial charge in [-0.2, -0.15) is 0 Å². The summed E-state index contributed by atoms with van der Waals surface area (Å²) in [4.78, 5) is 30.1. The van der Waals surface area contributed by atoms with Crippen LogP contribution in [0.4, 0.5) is 20.2 Å². The lowest BCUT2D eigenvalue weighted by molar-refractivity contribution is -0.136. The zero-order valence-corrected chi connectivity index (χ0v) is 19.8. The Bertz CT molecular complexity index is 1480. The SMILES string of the molecule is Cn1c(CNc2ccc(C(=N)N)cc2)nc2cc(C(=O)N(CCC(=O)O)c3cc(F)cc(F)c3)ccc21. The molecule has 0 fully saturated rings. The van der Waals surface area contributed by atoms with E-state index >= 15 is 0 Å². The Balaban J connectivity index is 1.59. The maximum absolute atomic E-state index is 13.8. The number of nitrogens with one attached hydrogen (secondary N) is 2. The van der Waals surface area contributed by atoms with Crippen molar-refractivity contribution in [3.63, 3.8) is 0 Å². The number of carbonyl (C=O) groups excluding carboxylic acids is 1. The van der Waals surface area contributed by atoms with Gasteiger partial charge in [-0.3, -0.25) is 15.0 Å². The summed E-state index contributed by atoms with van der Waals surface area (Å²) in [6.45, 7) is 0.107. The van der Waals surface area contributed by atoms with Gasteiger partial charge in [0.1, 0.15) is 23.3 Å². The summed E-state index contributed by atoms with van der Waals surface area (Å²) in [6.07, 6.45) is -0.404. The van der Waals surface area contributed by atoms with Gasteiger partial charge in [0.25, 0.3) is 5.91 Å². The van der Waals surface area contributed by atoms with Crippen LogP contribution in [0.3, 0.4) is 0 Å². The van der Waals surface area contributed by atoms with Crippen LogP contribution < -0.4 is 16.0 Å². The van der Waals surface area contributed by atoms with Gasteiger partial charge in [-0.15, -0.1) is 0 Å². The molecule has 5 N–H and O–H groups in total. The summed E-state index contributed by atoms with van der Waals surface area (Å²) in [7, 11) is 1.83. The van der Waals surface area contributed by atoms with E-state index in [9.17, 15) is 18.4 Å². The molecule has 1 amide bonds. The first-order valence-corrected chi connectivity index (χ1v) is 11.3. The third-order valence-corrected chi connectivity index (χ3v) is 5.82. The quantitative estimate of drug-likeness (QED) is 0.201. The number of aliphatic carboxylic acids is 1. The Morgan fingerprint density at radius 1 is 1.05 bits per heavy atom. The van der Waals surface area contributed by atoms with Crippen LogP contribution in [0.2, 0.25) is 0 Å². The fourth-order valence-corrected chi connectivity index (χ4v) is 3.90. The number of aromatic nitrogens is 2. The molecule has 0 aliphatic rings. The molecule has 0 spiro atoms. The number of imidazole rings is 1. The number of carboxylic acid groups (broad SMARTS) is 1. The molecule has 11 heteroatoms. The van der Waals surface area contributed by atoms with Gasteiger partial charge in [-0.05, 0) is 54.6 Å². The molecular weight excluding hydrogens is 482 g/mol. The minimum Gasteiger partial charge on any atom is -0.481 e. The Morgan fingerprint density at radius 2 is 1.70 bits per heavy atom. The van der Waals surface area contributed by atoms with Crippen molar-refractivity contribution in [2.24, 2.45) is 12.8 Å². The average molecular weight is 507 g/mol. The van der Waals surface area contributed by atoms with Gasteiger partial charge in [-0.25, -0.2) is 13.8 Å². The number of carboxylic acids is 1. The number of hydrogen-bond donors (Lipinski definition) is 4. The van der Waals surface area contributed by atoms with Crippen molar-refractivity contribution < 1.29 is 23.5 Å². The van der Waals surface area contributed by atoms with E-state index in [0.29, 0.717) is 29.5 Å². The molecule has 9 nitrogen and oxygen atoms in total. The second-order valence-electron chi connectivity index (χ2n) is 8.36. The van der Waals surface area contributed by atoms with E-state index < -0.39 is 29.9 Å². The number of carbonyl (C=O) groups is 2. The Kier molecular flexibility index (Phi) is 7.14. The molecule has 0 radical (unpaired) electrons. The number of anilines is 2. The number of amides is 1. The van der Waals surface area contributed by atoms with E-state index in [1.807, 2.05) is 11.6 Å². The molecule has 4 rings (SSSR count). The number of halogens is 2. The standard InChI is InChI=1S/C26H24F2N6O3/c1-33-22-7-4-16(26(37)34(9-8-24(35)36)20-12-17(27)11-18(28)13-20)10-21(22)32-23(33)14-31-19-5-2-15(3-6-19)25(29)30/h2-7,10-13,31H,8-9,14H2,1H3,(H3,29,30)(H,35,36). The Labute approximate surface area is 210 Å². The highest BCUT2D eigenvalue weighted by Gasteiger charge is 2.21. The molecule has 0 bridgehead atoms. The van der Waals surface area contributed by atoms with Crippen molar-refractivity contribution in [2.45, 2.75) is 13.0 Å². The highest BCUT2D eigenvalue weighted by molar-refractivity contribution is 6.07. The van der Waals surface area contributed by atoms with Crippen molar-refractivity contribution >= 4 is 40.1 Å². The largest absolute Gasteiger partial charge is 0.481 e. The van der Waals surface area contributed by atoms with E-state index in [2.05, 4.69) is 10.3 Å². The minimum absolute atomic E-state index is 0.0173. The normalized spacial score (nSPS) is 10.9. The number of amidine groups is 1. The number of nitrogens with two attached hydrogens (primary N) is 1. The second-order valence-corrected chi connectivity index (χ2v) is 8.36. The fraction of sp³-hybridized carbons (Fsp3) is 0.154. The lowest BCUT2D eigenvalue weighted by atomic mass is 10.1. The van der Waals surface area contributed by atoms with Crippen molar-refractivity contribution in [2.75, 3.05) is 16.8 Å². The fourth-order valence-electron chi connectivity index (χ4n) is 3.90. The van der Waals surface area contributed by atoms with Crippen LogP contribution >= 0.6 is 0 Å². The molecular formula is C26H24F2N6O3. The first-order valence-electron chi connectivity index (χ1n) is 11.3. The molecule has 0 saturated carbocycles. The van der Waals surface area contributed by atoms with E-state index in [1.54, 1.807) is 42.5 Å². The van der Waals surface area contributed by atoms with Crippen LogP contribution in [0.25, 0.3) is 11.0 Å². The minimum atomic E-state index is -1.15. The number of fused-ring (bicyclic) bond motifs is 1. The van der Waals surface area contributed by atoms with Crippen LogP contribution in [0.15, 0.2) is 60.7 Å². The number of benzene rings is 3. The molecule has 190 valence electrons. The summed E-state index contributed by atoms with van der Waals surface area (Å²) < 4.78 is 29.5. The predicted octanol–water partition coefficient (Wildman–Crippen LogP) is 3.87. The summed E-state index contributed by atoms with van der Waals surface area (Å²) >= 11 is 0. The van der Waals surface area contributed by atoms with Crippen LogP contribution in [0.5, 0.6) is 0 Å². The van der Waals surface area contributed by atoms with E-state index in [1.165, 1.54) is 0 Å². The van der Waals surface area contributed by atoms with Crippen LogP contribution in [-0.2, 0) is 18.4 Å². The third-order valence-electron chi connectivity index (χ3n) is 5.82. The molecule has 37 heavy (non-hydrogen) atoms. The maximum atomic E-state index is 13.8. The Morgan fingerprint density at radius 3 is 2.32 bits per heavy atom. The molecule has 1 aromatic heterocycles. The monoisotopic (exact) mass is 506 g/mol. The zero-order valence-electron chi connectivity index (χ0n) is 19.8. The molecule has 0 aliphatic heterocycles. The lowest BCUT2D eigenvalue weighted by Crippen LogP contribution is -2.33. The summed E-state index contributed by atoms with van der Waals surface area (Å²) in [5.41, 5.74) is 8.31. The van der Waals surface area contributed by atoms with E-state index in [4.69, 9.17) is 16.2 Å². The number of nitrogen functional groups attached to an aromatic ring is 1. The van der Waals surface area contributed by atoms with Crippen LogP contribution in [0.1, 0.15) is 28.2 Å². The lowest BCUT2D eigenvalue weighted by Gasteiger charge is -2.22. The topological polar surface area (TPSA) is 137 Å². The van der Waals surface area contributed by atoms with Gasteiger partial charge in [0.05, 0.1) is 24.0 Å². The molecule has 0 aliphatic carbocycles. The predicted molar refractivity (Wildman–Crippen MR) is 136 cm³/mol. The van der Waals surface area contributed by atoms with Crippen molar-refractivity contribution in [1.29, 1.82) is 5.41 Å². The number of rotatable bonds is 9. The van der Waals surface area contributed by atoms with Gasteiger partial charge in [-0.1, -0.05) is 0 Å². The summed E-state index contributed by atoms with van der Waals surface area (Å²) in [6, 6.07) is 14.5. The van der Waals surface area contributed by atoms with Crippen molar-refractivity contribution in [3.8, 4) is 0 Å². The number of nitrogens with zero attached hydrogens (tertiary/aromatic N) is 3. The number of hydrogen-bond acceptors (Lipinski definition) is 5. The van der Waals surface area contributed by atoms with Gasteiger partial charge < -0.3 is 25.6 Å². The van der Waals surface area contributed by atoms with Crippen LogP contribution in [0, 0.1) is 17.0 Å². The average Bonchev–Trinajstić information content (AvgIpc) is 3.17. The molecule has 0 atom stereocenters. The molecule has 4 aromatic rings. The summed E-state index contributed by atoms with van der Waals surface area (Å²) in [5, 5.41) is 19.8. The van der Waals surface area contributed by atoms with Gasteiger partial charge in [0.2, 0.25) is 0 Å². The number of aryl methyl sites for hydroxylation is 1. The maximum Gasteiger partial charge on any atom is 0.305 e.